The van der Waals surface area contributed by atoms with Crippen LogP contribution in [0, 0.1) is 12.7 Å². The molecule has 0 bridgehead atoms. The number of piperidine rings is 1. The van der Waals surface area contributed by atoms with Crippen LogP contribution in [0.15, 0.2) is 55.0 Å². The summed E-state index contributed by atoms with van der Waals surface area (Å²) < 4.78 is 16.1. The van der Waals surface area contributed by atoms with Crippen LogP contribution < -0.4 is 0 Å². The van der Waals surface area contributed by atoms with Crippen molar-refractivity contribution < 1.29 is 4.39 Å². The number of halogens is 1. The average molecular weight is 524 g/mol. The number of benzene rings is 1. The molecule has 0 unspecified atom stereocenters. The monoisotopic (exact) mass is 523 g/mol. The molecule has 0 atom stereocenters. The zero-order valence-electron chi connectivity index (χ0n) is 21.0. The van der Waals surface area contributed by atoms with Crippen molar-refractivity contribution >= 4 is 33.3 Å². The lowest BCUT2D eigenvalue weighted by Gasteiger charge is -2.26. The molecule has 0 spiro atoms. The number of fused-ring (bicyclic) bond motifs is 2. The van der Waals surface area contributed by atoms with Gasteiger partial charge in [-0.2, -0.15) is 5.10 Å². The molecule has 1 aliphatic rings. The third-order valence-corrected chi connectivity index (χ3v) is 8.24. The third kappa shape index (κ3) is 4.08. The van der Waals surface area contributed by atoms with Crippen LogP contribution in [0.2, 0.25) is 0 Å². The second kappa shape index (κ2) is 9.41. The number of aryl methyl sites for hydroxylation is 1. The van der Waals surface area contributed by atoms with Crippen molar-refractivity contribution in [2.45, 2.75) is 32.7 Å². The number of para-hydroxylation sites is 1. The van der Waals surface area contributed by atoms with Gasteiger partial charge in [-0.05, 0) is 62.7 Å². The summed E-state index contributed by atoms with van der Waals surface area (Å²) in [5.74, 6) is 0.0812. The van der Waals surface area contributed by atoms with Crippen molar-refractivity contribution in [2.75, 3.05) is 13.1 Å². The molecule has 0 amide bonds. The minimum Gasteiger partial charge on any atom is -0.337 e. The van der Waals surface area contributed by atoms with Crippen LogP contribution in [0.25, 0.3) is 55.2 Å². The molecule has 9 heteroatoms. The molecular formula is C29H26FN7S. The van der Waals surface area contributed by atoms with Gasteiger partial charge in [0.1, 0.15) is 11.4 Å². The van der Waals surface area contributed by atoms with Crippen molar-refractivity contribution in [2.24, 2.45) is 0 Å². The first-order valence-corrected chi connectivity index (χ1v) is 13.7. The minimum atomic E-state index is -0.433. The lowest BCUT2D eigenvalue weighted by atomic mass is 10.1. The van der Waals surface area contributed by atoms with E-state index >= 15 is 4.39 Å². The Labute approximate surface area is 222 Å². The van der Waals surface area contributed by atoms with E-state index in [9.17, 15) is 0 Å². The van der Waals surface area contributed by atoms with Crippen LogP contribution in [-0.4, -0.2) is 48.1 Å². The number of rotatable bonds is 5. The number of hydrogen-bond donors (Lipinski definition) is 2. The fourth-order valence-electron chi connectivity index (χ4n) is 5.35. The first kappa shape index (κ1) is 23.2. The van der Waals surface area contributed by atoms with Crippen molar-refractivity contribution in [3.63, 3.8) is 0 Å². The number of imidazole rings is 1. The first-order chi connectivity index (χ1) is 18.6. The van der Waals surface area contributed by atoms with Gasteiger partial charge in [-0.25, -0.2) is 9.37 Å². The third-order valence-electron chi connectivity index (χ3n) is 7.21. The van der Waals surface area contributed by atoms with Gasteiger partial charge in [0.15, 0.2) is 11.6 Å². The summed E-state index contributed by atoms with van der Waals surface area (Å²) in [7, 11) is 0. The van der Waals surface area contributed by atoms with Gasteiger partial charge >= 0.3 is 0 Å². The average Bonchev–Trinajstić information content (AvgIpc) is 3.67. The standard InChI is InChI=1S/C29H26FN7S/c1-17-8-9-23(38-17)20-6-5-7-21-27(20)34-29(33-21)28-24-22(35-36-28)15-32-26(25(24)30)19-12-18(13-31-14-19)16-37-10-3-2-4-11-37/h5-9,12-15H,2-4,10-11,16H2,1H3,(H,33,34)(H,35,36). The largest absolute Gasteiger partial charge is 0.337 e. The van der Waals surface area contributed by atoms with Crippen molar-refractivity contribution in [1.29, 1.82) is 0 Å². The van der Waals surface area contributed by atoms with Crippen LogP contribution in [0.4, 0.5) is 4.39 Å². The number of aromatic nitrogens is 6. The molecule has 0 saturated carbocycles. The molecule has 0 radical (unpaired) electrons. The fourth-order valence-corrected chi connectivity index (χ4v) is 6.24. The number of H-pyrrole nitrogens is 2. The Morgan fingerprint density at radius 1 is 1.00 bits per heavy atom. The molecule has 0 aliphatic carbocycles. The molecule has 2 N–H and O–H groups in total. The number of likely N-dealkylation sites (tertiary alicyclic amines) is 1. The molecule has 1 aliphatic heterocycles. The summed E-state index contributed by atoms with van der Waals surface area (Å²) in [6, 6.07) is 12.3. The zero-order chi connectivity index (χ0) is 25.6. The second-order valence-corrected chi connectivity index (χ2v) is 11.2. The summed E-state index contributed by atoms with van der Waals surface area (Å²) in [6.07, 6.45) is 8.90. The summed E-state index contributed by atoms with van der Waals surface area (Å²) in [4.78, 5) is 21.9. The van der Waals surface area contributed by atoms with Gasteiger partial charge in [0.25, 0.3) is 0 Å². The Morgan fingerprint density at radius 2 is 1.89 bits per heavy atom. The highest BCUT2D eigenvalue weighted by molar-refractivity contribution is 7.15. The number of hydrogen-bond acceptors (Lipinski definition) is 6. The maximum atomic E-state index is 16.1. The van der Waals surface area contributed by atoms with Gasteiger partial charge in [-0.1, -0.05) is 18.6 Å². The summed E-state index contributed by atoms with van der Waals surface area (Å²) >= 11 is 1.73. The van der Waals surface area contributed by atoms with E-state index in [4.69, 9.17) is 4.98 Å². The van der Waals surface area contributed by atoms with E-state index in [0.717, 1.165) is 46.7 Å². The molecule has 1 saturated heterocycles. The molecule has 7 nitrogen and oxygen atoms in total. The van der Waals surface area contributed by atoms with Crippen molar-refractivity contribution in [3.8, 4) is 33.2 Å². The van der Waals surface area contributed by atoms with Crippen LogP contribution >= 0.6 is 11.3 Å². The number of pyridine rings is 2. The van der Waals surface area contributed by atoms with Gasteiger partial charge in [-0.15, -0.1) is 11.3 Å². The van der Waals surface area contributed by atoms with E-state index < -0.39 is 5.82 Å². The summed E-state index contributed by atoms with van der Waals surface area (Å²) in [5.41, 5.74) is 5.70. The van der Waals surface area contributed by atoms with E-state index in [1.54, 1.807) is 23.7 Å². The normalized spacial score (nSPS) is 14.6. The fraction of sp³-hybridized carbons (Fsp3) is 0.241. The Hall–Kier alpha value is -3.95. The lowest BCUT2D eigenvalue weighted by Crippen LogP contribution is -2.29. The van der Waals surface area contributed by atoms with E-state index in [1.807, 2.05) is 24.4 Å². The lowest BCUT2D eigenvalue weighted by molar-refractivity contribution is 0.220. The summed E-state index contributed by atoms with van der Waals surface area (Å²) in [5, 5.41) is 7.74. The van der Waals surface area contributed by atoms with Gasteiger partial charge in [0.05, 0.1) is 28.1 Å². The molecule has 5 aromatic heterocycles. The highest BCUT2D eigenvalue weighted by Gasteiger charge is 2.22. The van der Waals surface area contributed by atoms with Crippen molar-refractivity contribution in [1.82, 2.24) is 35.0 Å². The molecule has 38 heavy (non-hydrogen) atoms. The first-order valence-electron chi connectivity index (χ1n) is 12.9. The van der Waals surface area contributed by atoms with Gasteiger partial charge in [0, 0.05) is 39.8 Å². The Kier molecular flexibility index (Phi) is 5.74. The highest BCUT2D eigenvalue weighted by Crippen LogP contribution is 2.36. The molecule has 7 rings (SSSR count). The molecule has 6 heterocycles. The van der Waals surface area contributed by atoms with Gasteiger partial charge < -0.3 is 4.98 Å². The zero-order valence-corrected chi connectivity index (χ0v) is 21.8. The van der Waals surface area contributed by atoms with Crippen LogP contribution in [0.1, 0.15) is 29.7 Å². The quantitative estimate of drug-likeness (QED) is 0.262. The van der Waals surface area contributed by atoms with Crippen LogP contribution in [0.5, 0.6) is 0 Å². The second-order valence-electron chi connectivity index (χ2n) is 9.90. The molecule has 1 fully saturated rings. The van der Waals surface area contributed by atoms with Crippen LogP contribution in [0.3, 0.4) is 0 Å². The summed E-state index contributed by atoms with van der Waals surface area (Å²) in [6.45, 7) is 5.08. The Morgan fingerprint density at radius 3 is 2.74 bits per heavy atom. The minimum absolute atomic E-state index is 0.263. The molecule has 6 aromatic rings. The SMILES string of the molecule is Cc1ccc(-c2cccc3[nH]c(-c4n[nH]c5cnc(-c6cncc(CN7CCCCC7)c6)c(F)c45)nc23)s1. The van der Waals surface area contributed by atoms with E-state index in [-0.39, 0.29) is 5.69 Å². The van der Waals surface area contributed by atoms with Crippen molar-refractivity contribution in [3.05, 3.63) is 71.2 Å². The van der Waals surface area contributed by atoms with E-state index in [2.05, 4.69) is 55.2 Å². The number of aromatic amines is 2. The van der Waals surface area contributed by atoms with Gasteiger partial charge in [0.2, 0.25) is 0 Å². The molecule has 1 aromatic carbocycles. The van der Waals surface area contributed by atoms with Gasteiger partial charge in [-0.3, -0.25) is 20.0 Å². The maximum absolute atomic E-state index is 16.1. The number of nitrogens with zero attached hydrogens (tertiary/aromatic N) is 5. The van der Waals surface area contributed by atoms with E-state index in [1.165, 1.54) is 24.1 Å². The Bertz CT molecular complexity index is 1780. The highest BCUT2D eigenvalue weighted by atomic mass is 32.1. The maximum Gasteiger partial charge on any atom is 0.161 e. The Balaban J connectivity index is 1.29. The molecule has 190 valence electrons. The van der Waals surface area contributed by atoms with E-state index in [0.29, 0.717) is 28.0 Å². The number of nitrogens with one attached hydrogen (secondary N) is 2. The predicted octanol–water partition coefficient (Wildman–Crippen LogP) is 6.73. The topological polar surface area (TPSA) is 86.4 Å². The molecular weight excluding hydrogens is 497 g/mol. The smallest absolute Gasteiger partial charge is 0.161 e. The van der Waals surface area contributed by atoms with Crippen LogP contribution in [-0.2, 0) is 6.54 Å². The predicted molar refractivity (Wildman–Crippen MR) is 149 cm³/mol. The number of thiophene rings is 1.